The van der Waals surface area contributed by atoms with E-state index in [9.17, 15) is 19.3 Å². The number of carbonyl (C=O) groups is 1. The number of nitro groups is 1. The Morgan fingerprint density at radius 3 is 2.54 bits per heavy atom. The van der Waals surface area contributed by atoms with E-state index in [1.54, 1.807) is 30.0 Å². The molecule has 3 rings (SSSR count). The van der Waals surface area contributed by atoms with Gasteiger partial charge in [-0.3, -0.25) is 19.6 Å². The fraction of sp³-hybridized carbons (Fsp3) is 0.176. The van der Waals surface area contributed by atoms with Crippen LogP contribution in [-0.2, 0) is 6.54 Å². The first kappa shape index (κ1) is 20.6. The molecule has 0 aliphatic carbocycles. The zero-order valence-corrected chi connectivity index (χ0v) is 18.6. The highest BCUT2D eigenvalue weighted by atomic mass is 79.9. The highest BCUT2D eigenvalue weighted by Crippen LogP contribution is 2.33. The molecule has 0 atom stereocenters. The van der Waals surface area contributed by atoms with Crippen LogP contribution in [0, 0.1) is 29.8 Å². The Labute approximate surface area is 180 Å². The van der Waals surface area contributed by atoms with E-state index in [2.05, 4.69) is 42.3 Å². The van der Waals surface area contributed by atoms with E-state index >= 15 is 0 Å². The minimum Gasteiger partial charge on any atom is -0.319 e. The quantitative estimate of drug-likeness (QED) is 0.351. The SMILES string of the molecule is Cc1nn(Cc2csc(C(=O)Nc3c(Br)cc(F)cc3Br)c2)c(C)c1[N+](=O)[O-]. The molecular weight excluding hydrogens is 519 g/mol. The summed E-state index contributed by atoms with van der Waals surface area (Å²) in [6.45, 7) is 3.54. The van der Waals surface area contributed by atoms with Crippen molar-refractivity contribution in [3.05, 3.63) is 70.3 Å². The Bertz CT molecular complexity index is 1070. The van der Waals surface area contributed by atoms with Crippen LogP contribution in [0.15, 0.2) is 32.5 Å². The van der Waals surface area contributed by atoms with Crippen molar-refractivity contribution >= 4 is 60.5 Å². The number of nitrogens with zero attached hydrogens (tertiary/aromatic N) is 3. The molecule has 11 heteroatoms. The number of halogens is 3. The number of amides is 1. The average Bonchev–Trinajstić information content (AvgIpc) is 3.16. The van der Waals surface area contributed by atoms with Crippen LogP contribution in [0.4, 0.5) is 15.8 Å². The van der Waals surface area contributed by atoms with Crippen molar-refractivity contribution in [3.8, 4) is 0 Å². The molecule has 0 fully saturated rings. The van der Waals surface area contributed by atoms with Gasteiger partial charge in [-0.2, -0.15) is 5.10 Å². The van der Waals surface area contributed by atoms with Crippen molar-refractivity contribution < 1.29 is 14.1 Å². The summed E-state index contributed by atoms with van der Waals surface area (Å²) in [6, 6.07) is 4.22. The van der Waals surface area contributed by atoms with Gasteiger partial charge in [-0.05, 0) is 74.8 Å². The van der Waals surface area contributed by atoms with Gasteiger partial charge in [0.15, 0.2) is 0 Å². The zero-order chi connectivity index (χ0) is 20.6. The van der Waals surface area contributed by atoms with Crippen molar-refractivity contribution in [2.75, 3.05) is 5.32 Å². The first-order valence-corrected chi connectivity index (χ1v) is 10.4. The standard InChI is InChI=1S/C17H13Br2FN4O3S/c1-8-16(24(26)27)9(2)23(22-8)6-10-3-14(28-7-10)17(25)21-15-12(18)4-11(20)5-13(15)19/h3-5,7H,6H2,1-2H3,(H,21,25). The van der Waals surface area contributed by atoms with E-state index < -0.39 is 10.7 Å². The number of benzene rings is 1. The Morgan fingerprint density at radius 2 is 1.96 bits per heavy atom. The molecule has 0 spiro atoms. The van der Waals surface area contributed by atoms with Crippen molar-refractivity contribution in [3.63, 3.8) is 0 Å². The second kappa shape index (κ2) is 8.10. The number of anilines is 1. The smallest absolute Gasteiger partial charge is 0.312 e. The average molecular weight is 532 g/mol. The summed E-state index contributed by atoms with van der Waals surface area (Å²) in [5, 5.41) is 19.9. The first-order chi connectivity index (χ1) is 13.2. The number of rotatable bonds is 5. The number of thiophene rings is 1. The van der Waals surface area contributed by atoms with Gasteiger partial charge in [0.25, 0.3) is 5.91 Å². The van der Waals surface area contributed by atoms with E-state index in [0.717, 1.165) is 5.56 Å². The largest absolute Gasteiger partial charge is 0.319 e. The molecule has 0 bridgehead atoms. The second-order valence-corrected chi connectivity index (χ2v) is 8.57. The van der Waals surface area contributed by atoms with E-state index in [0.29, 0.717) is 37.4 Å². The maximum atomic E-state index is 13.4. The third-order valence-electron chi connectivity index (χ3n) is 3.98. The Hall–Kier alpha value is -2.11. The molecule has 1 amide bonds. The van der Waals surface area contributed by atoms with Crippen molar-refractivity contribution in [1.82, 2.24) is 9.78 Å². The van der Waals surface area contributed by atoms with Gasteiger partial charge in [0, 0.05) is 8.95 Å². The highest BCUT2D eigenvalue weighted by Gasteiger charge is 2.22. The fourth-order valence-electron chi connectivity index (χ4n) is 2.69. The van der Waals surface area contributed by atoms with Crippen LogP contribution in [-0.4, -0.2) is 20.6 Å². The van der Waals surface area contributed by atoms with E-state index in [4.69, 9.17) is 0 Å². The Kier molecular flexibility index (Phi) is 5.96. The van der Waals surface area contributed by atoms with Gasteiger partial charge >= 0.3 is 5.69 Å². The molecule has 0 unspecified atom stereocenters. The van der Waals surface area contributed by atoms with Crippen LogP contribution in [0.5, 0.6) is 0 Å². The number of carbonyl (C=O) groups excluding carboxylic acids is 1. The summed E-state index contributed by atoms with van der Waals surface area (Å²) in [6.07, 6.45) is 0. The summed E-state index contributed by atoms with van der Waals surface area (Å²) < 4.78 is 15.7. The van der Waals surface area contributed by atoms with Gasteiger partial charge in [-0.1, -0.05) is 0 Å². The Morgan fingerprint density at radius 1 is 1.32 bits per heavy atom. The van der Waals surface area contributed by atoms with Gasteiger partial charge in [-0.25, -0.2) is 4.39 Å². The number of nitrogens with one attached hydrogen (secondary N) is 1. The van der Waals surface area contributed by atoms with Crippen molar-refractivity contribution in [2.24, 2.45) is 0 Å². The molecule has 0 aliphatic heterocycles. The molecule has 3 aromatic rings. The molecule has 28 heavy (non-hydrogen) atoms. The first-order valence-electron chi connectivity index (χ1n) is 7.89. The lowest BCUT2D eigenvalue weighted by molar-refractivity contribution is -0.386. The van der Waals surface area contributed by atoms with Gasteiger partial charge < -0.3 is 5.32 Å². The minimum atomic E-state index is -0.445. The third kappa shape index (κ3) is 4.15. The number of hydrogen-bond acceptors (Lipinski definition) is 5. The molecule has 7 nitrogen and oxygen atoms in total. The molecule has 0 radical (unpaired) electrons. The maximum absolute atomic E-state index is 13.4. The van der Waals surface area contributed by atoms with Crippen LogP contribution in [0.2, 0.25) is 0 Å². The molecule has 2 heterocycles. The number of hydrogen-bond donors (Lipinski definition) is 1. The van der Waals surface area contributed by atoms with Crippen molar-refractivity contribution in [1.29, 1.82) is 0 Å². The lowest BCUT2D eigenvalue weighted by Crippen LogP contribution is -2.11. The number of aryl methyl sites for hydroxylation is 1. The molecule has 1 aromatic carbocycles. The lowest BCUT2D eigenvalue weighted by Gasteiger charge is -2.09. The van der Waals surface area contributed by atoms with Gasteiger partial charge in [0.1, 0.15) is 17.2 Å². The van der Waals surface area contributed by atoms with Crippen LogP contribution >= 0.6 is 43.2 Å². The van der Waals surface area contributed by atoms with Gasteiger partial charge in [0.2, 0.25) is 0 Å². The molecule has 0 aliphatic rings. The predicted molar refractivity (Wildman–Crippen MR) is 112 cm³/mol. The van der Waals surface area contributed by atoms with Crippen LogP contribution < -0.4 is 5.32 Å². The molecule has 0 saturated carbocycles. The van der Waals surface area contributed by atoms with Crippen LogP contribution in [0.25, 0.3) is 0 Å². The topological polar surface area (TPSA) is 90.1 Å². The maximum Gasteiger partial charge on any atom is 0.312 e. The summed E-state index contributed by atoms with van der Waals surface area (Å²) in [5.74, 6) is -0.780. The van der Waals surface area contributed by atoms with Crippen LogP contribution in [0.3, 0.4) is 0 Å². The third-order valence-corrected chi connectivity index (χ3v) is 6.21. The molecule has 1 N–H and O–H groups in total. The summed E-state index contributed by atoms with van der Waals surface area (Å²) in [4.78, 5) is 23.7. The Balaban J connectivity index is 1.79. The van der Waals surface area contributed by atoms with Gasteiger partial charge in [-0.15, -0.1) is 11.3 Å². The minimum absolute atomic E-state index is 0.000735. The zero-order valence-electron chi connectivity index (χ0n) is 14.6. The number of aromatic nitrogens is 2. The van der Waals surface area contributed by atoms with E-state index in [1.165, 1.54) is 23.5 Å². The molecule has 0 saturated heterocycles. The molecule has 2 aromatic heterocycles. The summed E-state index contributed by atoms with van der Waals surface area (Å²) in [7, 11) is 0. The van der Waals surface area contributed by atoms with Crippen LogP contribution in [0.1, 0.15) is 26.6 Å². The van der Waals surface area contributed by atoms with Gasteiger partial charge in [0.05, 0.1) is 22.0 Å². The van der Waals surface area contributed by atoms with E-state index in [1.807, 2.05) is 0 Å². The monoisotopic (exact) mass is 530 g/mol. The molecule has 146 valence electrons. The van der Waals surface area contributed by atoms with Crippen molar-refractivity contribution in [2.45, 2.75) is 20.4 Å². The highest BCUT2D eigenvalue weighted by molar-refractivity contribution is 9.11. The normalized spacial score (nSPS) is 10.9. The fourth-order valence-corrected chi connectivity index (χ4v) is 4.82. The summed E-state index contributed by atoms with van der Waals surface area (Å²) >= 11 is 7.70. The molecular formula is C17H13Br2FN4O3S. The summed E-state index contributed by atoms with van der Waals surface area (Å²) in [5.41, 5.74) is 2.03. The predicted octanol–water partition coefficient (Wildman–Crippen LogP) is 5.43. The van der Waals surface area contributed by atoms with E-state index in [-0.39, 0.29) is 11.6 Å². The second-order valence-electron chi connectivity index (χ2n) is 5.95. The lowest BCUT2D eigenvalue weighted by atomic mass is 10.2.